The van der Waals surface area contributed by atoms with Gasteiger partial charge in [-0.05, 0) is 25.7 Å². The van der Waals surface area contributed by atoms with Crippen molar-refractivity contribution in [3.63, 3.8) is 0 Å². The minimum atomic E-state index is 0. The molecule has 4 nitrogen and oxygen atoms in total. The van der Waals surface area contributed by atoms with Crippen LogP contribution in [-0.4, -0.2) is 46.9 Å². The first-order valence-corrected chi connectivity index (χ1v) is 8.09. The molecule has 0 rings (SSSR count). The molecule has 0 heterocycles. The van der Waals surface area contributed by atoms with E-state index in [0.717, 1.165) is 51.4 Å². The molecule has 0 amide bonds. The fourth-order valence-corrected chi connectivity index (χ4v) is 0.632. The summed E-state index contributed by atoms with van der Waals surface area (Å²) >= 11 is 0. The summed E-state index contributed by atoms with van der Waals surface area (Å²) in [6.45, 7) is 9.58. The summed E-state index contributed by atoms with van der Waals surface area (Å²) in [7, 11) is 0. The standard InChI is InChI=1S/4C4H10O.2V/c4*1-2-3-4-5;;/h4*5H,2-4H2,1H3;;. The Bertz CT molecular complexity index is 78.1. The normalized spacial score (nSPS) is 7.64. The molecule has 0 aromatic rings. The molecule has 138 valence electrons. The van der Waals surface area contributed by atoms with Crippen molar-refractivity contribution in [2.45, 2.75) is 79.1 Å². The molecule has 2 radical (unpaired) electrons. The molecule has 0 aromatic heterocycles. The molecule has 0 saturated heterocycles. The second kappa shape index (κ2) is 57.4. The summed E-state index contributed by atoms with van der Waals surface area (Å²) in [5.41, 5.74) is 0. The molecule has 4 N–H and O–H groups in total. The molecule has 0 saturated carbocycles. The van der Waals surface area contributed by atoms with E-state index in [1.54, 1.807) is 0 Å². The van der Waals surface area contributed by atoms with Crippen LogP contribution in [0.15, 0.2) is 0 Å². The quantitative estimate of drug-likeness (QED) is 0.507. The van der Waals surface area contributed by atoms with Crippen LogP contribution in [0.1, 0.15) is 79.1 Å². The summed E-state index contributed by atoms with van der Waals surface area (Å²) in [4.78, 5) is 0. The SMILES string of the molecule is CCCCO.CCCCO.CCCCO.CCCCO.[V].[V]. The molecule has 0 bridgehead atoms. The second-order valence-corrected chi connectivity index (χ2v) is 4.31. The fourth-order valence-electron chi connectivity index (χ4n) is 0.632. The first-order valence-electron chi connectivity index (χ1n) is 8.09. The van der Waals surface area contributed by atoms with Gasteiger partial charge in [0.1, 0.15) is 0 Å². The number of rotatable bonds is 8. The zero-order chi connectivity index (χ0) is 16.5. The molecule has 0 aliphatic rings. The van der Waals surface area contributed by atoms with Crippen LogP contribution >= 0.6 is 0 Å². The second-order valence-electron chi connectivity index (χ2n) is 4.31. The fraction of sp³-hybridized carbons (Fsp3) is 1.00. The Morgan fingerprint density at radius 3 is 0.545 bits per heavy atom. The van der Waals surface area contributed by atoms with Gasteiger partial charge in [0.05, 0.1) is 0 Å². The van der Waals surface area contributed by atoms with Crippen molar-refractivity contribution in [2.24, 2.45) is 0 Å². The van der Waals surface area contributed by atoms with Crippen molar-refractivity contribution in [3.05, 3.63) is 0 Å². The van der Waals surface area contributed by atoms with E-state index in [-0.39, 0.29) is 37.1 Å². The molecule has 0 fully saturated rings. The Kier molecular flexibility index (Phi) is 101. The van der Waals surface area contributed by atoms with Crippen molar-refractivity contribution < 1.29 is 57.5 Å². The number of aliphatic hydroxyl groups excluding tert-OH is 4. The summed E-state index contributed by atoms with van der Waals surface area (Å²) in [6.07, 6.45) is 8.15. The van der Waals surface area contributed by atoms with Crippen molar-refractivity contribution in [3.8, 4) is 0 Å². The predicted octanol–water partition coefficient (Wildman–Crippen LogP) is 3.11. The van der Waals surface area contributed by atoms with Crippen LogP contribution in [0.5, 0.6) is 0 Å². The molecule has 0 atom stereocenters. The van der Waals surface area contributed by atoms with Crippen LogP contribution in [0.3, 0.4) is 0 Å². The predicted molar refractivity (Wildman–Crippen MR) is 88.0 cm³/mol. The van der Waals surface area contributed by atoms with Crippen molar-refractivity contribution in [2.75, 3.05) is 26.4 Å². The number of hydrogen-bond donors (Lipinski definition) is 4. The largest absolute Gasteiger partial charge is 0.396 e. The molecule has 0 aliphatic heterocycles. The van der Waals surface area contributed by atoms with Gasteiger partial charge in [-0.15, -0.1) is 0 Å². The van der Waals surface area contributed by atoms with Gasteiger partial charge in [0.25, 0.3) is 0 Å². The van der Waals surface area contributed by atoms with Gasteiger partial charge in [0.2, 0.25) is 0 Å². The maximum atomic E-state index is 8.07. The monoisotopic (exact) mass is 398 g/mol. The molecule has 0 spiro atoms. The third-order valence-electron chi connectivity index (χ3n) is 2.05. The zero-order valence-corrected chi connectivity index (χ0v) is 18.0. The maximum absolute atomic E-state index is 8.07. The van der Waals surface area contributed by atoms with Crippen LogP contribution in [0, 0.1) is 0 Å². The van der Waals surface area contributed by atoms with E-state index in [2.05, 4.69) is 27.7 Å². The molecular weight excluding hydrogens is 358 g/mol. The molecule has 6 heteroatoms. The topological polar surface area (TPSA) is 80.9 Å². The molecular formula is C16H40O4V2. The van der Waals surface area contributed by atoms with E-state index in [4.69, 9.17) is 20.4 Å². The third-order valence-corrected chi connectivity index (χ3v) is 2.05. The van der Waals surface area contributed by atoms with Crippen LogP contribution < -0.4 is 0 Å². The smallest absolute Gasteiger partial charge is 0.0430 e. The van der Waals surface area contributed by atoms with Crippen LogP contribution in [0.4, 0.5) is 0 Å². The molecule has 0 aromatic carbocycles. The van der Waals surface area contributed by atoms with Gasteiger partial charge in [-0.1, -0.05) is 53.4 Å². The van der Waals surface area contributed by atoms with Gasteiger partial charge in [0.15, 0.2) is 0 Å². The van der Waals surface area contributed by atoms with Gasteiger partial charge in [-0.3, -0.25) is 0 Å². The van der Waals surface area contributed by atoms with Crippen molar-refractivity contribution in [1.82, 2.24) is 0 Å². The minimum absolute atomic E-state index is 0. The van der Waals surface area contributed by atoms with Gasteiger partial charge >= 0.3 is 0 Å². The Morgan fingerprint density at radius 1 is 0.409 bits per heavy atom. The average molecular weight is 398 g/mol. The van der Waals surface area contributed by atoms with E-state index >= 15 is 0 Å². The van der Waals surface area contributed by atoms with Crippen LogP contribution in [-0.2, 0) is 37.1 Å². The molecule has 22 heavy (non-hydrogen) atoms. The first kappa shape index (κ1) is 38.5. The van der Waals surface area contributed by atoms with Crippen LogP contribution in [0.25, 0.3) is 0 Å². The van der Waals surface area contributed by atoms with E-state index < -0.39 is 0 Å². The Hall–Kier alpha value is 1.01. The molecule has 0 unspecified atom stereocenters. The summed E-state index contributed by atoms with van der Waals surface area (Å²) in [5.74, 6) is 0. The Labute approximate surface area is 162 Å². The third kappa shape index (κ3) is 104. The summed E-state index contributed by atoms with van der Waals surface area (Å²) < 4.78 is 0. The zero-order valence-electron chi connectivity index (χ0n) is 15.2. The van der Waals surface area contributed by atoms with Gasteiger partial charge in [0, 0.05) is 63.5 Å². The first-order chi connectivity index (χ1) is 9.66. The van der Waals surface area contributed by atoms with Gasteiger partial charge in [-0.25, -0.2) is 0 Å². The summed E-state index contributed by atoms with van der Waals surface area (Å²) in [6, 6.07) is 0. The van der Waals surface area contributed by atoms with E-state index in [9.17, 15) is 0 Å². The van der Waals surface area contributed by atoms with Crippen molar-refractivity contribution >= 4 is 0 Å². The van der Waals surface area contributed by atoms with Crippen molar-refractivity contribution in [1.29, 1.82) is 0 Å². The number of hydrogen-bond acceptors (Lipinski definition) is 4. The van der Waals surface area contributed by atoms with E-state index in [1.807, 2.05) is 0 Å². The van der Waals surface area contributed by atoms with E-state index in [1.165, 1.54) is 0 Å². The van der Waals surface area contributed by atoms with Crippen LogP contribution in [0.2, 0.25) is 0 Å². The molecule has 0 aliphatic carbocycles. The minimum Gasteiger partial charge on any atom is -0.396 e. The van der Waals surface area contributed by atoms with E-state index in [0.29, 0.717) is 26.4 Å². The Balaban J connectivity index is -0.0000000376. The maximum Gasteiger partial charge on any atom is 0.0430 e. The number of aliphatic hydroxyl groups is 4. The van der Waals surface area contributed by atoms with Gasteiger partial charge in [-0.2, -0.15) is 0 Å². The summed E-state index contributed by atoms with van der Waals surface area (Å²) in [5, 5.41) is 32.3. The number of unbranched alkanes of at least 4 members (excludes halogenated alkanes) is 4. The average Bonchev–Trinajstić information content (AvgIpc) is 2.44. The Morgan fingerprint density at radius 2 is 0.545 bits per heavy atom. The van der Waals surface area contributed by atoms with Gasteiger partial charge < -0.3 is 20.4 Å².